The van der Waals surface area contributed by atoms with Gasteiger partial charge >= 0.3 is 0 Å². The molecule has 0 atom stereocenters. The number of aromatic nitrogens is 3. The largest absolute Gasteiger partial charge is 0.508 e. The summed E-state index contributed by atoms with van der Waals surface area (Å²) >= 11 is 0. The molecule has 3 aromatic rings. The van der Waals surface area contributed by atoms with Crippen molar-refractivity contribution in [3.63, 3.8) is 0 Å². The average Bonchev–Trinajstić information content (AvgIpc) is 2.75. The summed E-state index contributed by atoms with van der Waals surface area (Å²) in [5.74, 6) is 2.94. The highest BCUT2D eigenvalue weighted by Gasteiger charge is 2.20. The Morgan fingerprint density at radius 2 is 1.72 bits per heavy atom. The first-order valence-electron chi connectivity index (χ1n) is 9.96. The lowest BCUT2D eigenvalue weighted by atomic mass is 10.1. The van der Waals surface area contributed by atoms with E-state index in [4.69, 9.17) is 4.98 Å². The molecule has 0 unspecified atom stereocenters. The molecule has 2 aromatic heterocycles. The van der Waals surface area contributed by atoms with E-state index in [2.05, 4.69) is 31.2 Å². The Labute approximate surface area is 171 Å². The van der Waals surface area contributed by atoms with Gasteiger partial charge in [0, 0.05) is 50.7 Å². The van der Waals surface area contributed by atoms with Crippen LogP contribution in [0.2, 0.25) is 0 Å². The Balaban J connectivity index is 1.35. The van der Waals surface area contributed by atoms with Gasteiger partial charge in [0.2, 0.25) is 5.95 Å². The molecule has 4 rings (SSSR count). The van der Waals surface area contributed by atoms with E-state index >= 15 is 0 Å². The standard InChI is InChI=1S/C22H26N6O/c1-17-16-20(23-11-9-18-5-7-19(29)8-6-18)26-22(25-17)28-14-12-27(13-15-28)21-4-2-3-10-24-21/h2-8,10,16,29H,9,11-15H2,1H3,(H,23,25,26). The fourth-order valence-corrected chi connectivity index (χ4v) is 3.46. The second kappa shape index (κ2) is 8.77. The molecule has 2 N–H and O–H groups in total. The molecule has 1 saturated heterocycles. The summed E-state index contributed by atoms with van der Waals surface area (Å²) < 4.78 is 0. The zero-order valence-electron chi connectivity index (χ0n) is 16.6. The molecular weight excluding hydrogens is 364 g/mol. The lowest BCUT2D eigenvalue weighted by Gasteiger charge is -2.35. The highest BCUT2D eigenvalue weighted by Crippen LogP contribution is 2.18. The molecule has 3 heterocycles. The van der Waals surface area contributed by atoms with Gasteiger partial charge in [-0.1, -0.05) is 18.2 Å². The van der Waals surface area contributed by atoms with Gasteiger partial charge in [-0.25, -0.2) is 9.97 Å². The van der Waals surface area contributed by atoms with Crippen LogP contribution in [0.25, 0.3) is 0 Å². The first-order chi connectivity index (χ1) is 14.2. The van der Waals surface area contributed by atoms with Crippen LogP contribution in [-0.4, -0.2) is 52.8 Å². The Kier molecular flexibility index (Phi) is 5.74. The van der Waals surface area contributed by atoms with Gasteiger partial charge in [-0.05, 0) is 43.2 Å². The van der Waals surface area contributed by atoms with E-state index in [1.54, 1.807) is 12.1 Å². The van der Waals surface area contributed by atoms with Crippen molar-refractivity contribution in [1.82, 2.24) is 15.0 Å². The molecule has 1 aliphatic rings. The van der Waals surface area contributed by atoms with Crippen LogP contribution in [0.3, 0.4) is 0 Å². The number of benzene rings is 1. The lowest BCUT2D eigenvalue weighted by molar-refractivity contribution is 0.475. The van der Waals surface area contributed by atoms with Crippen molar-refractivity contribution < 1.29 is 5.11 Å². The highest BCUT2D eigenvalue weighted by molar-refractivity contribution is 5.46. The van der Waals surface area contributed by atoms with Crippen LogP contribution in [0.4, 0.5) is 17.6 Å². The molecule has 0 radical (unpaired) electrons. The Hall–Kier alpha value is -3.35. The fourth-order valence-electron chi connectivity index (χ4n) is 3.46. The molecule has 0 bridgehead atoms. The minimum absolute atomic E-state index is 0.293. The number of phenolic OH excluding ortho intramolecular Hbond substituents is 1. The van der Waals surface area contributed by atoms with E-state index in [9.17, 15) is 5.11 Å². The molecule has 1 aromatic carbocycles. The maximum absolute atomic E-state index is 9.38. The summed E-state index contributed by atoms with van der Waals surface area (Å²) in [6, 6.07) is 15.3. The van der Waals surface area contributed by atoms with Crippen molar-refractivity contribution in [2.75, 3.05) is 47.8 Å². The SMILES string of the molecule is Cc1cc(NCCc2ccc(O)cc2)nc(N2CCN(c3ccccn3)CC2)n1. The first kappa shape index (κ1) is 19.0. The predicted octanol–water partition coefficient (Wildman–Crippen LogP) is 2.87. The van der Waals surface area contributed by atoms with Gasteiger partial charge in [0.1, 0.15) is 17.4 Å². The van der Waals surface area contributed by atoms with Crippen LogP contribution in [-0.2, 0) is 6.42 Å². The van der Waals surface area contributed by atoms with Crippen molar-refractivity contribution in [3.05, 3.63) is 66.0 Å². The number of pyridine rings is 1. The molecule has 1 aliphatic heterocycles. The Morgan fingerprint density at radius 3 is 2.45 bits per heavy atom. The van der Waals surface area contributed by atoms with Crippen LogP contribution < -0.4 is 15.1 Å². The number of nitrogens with zero attached hydrogens (tertiary/aromatic N) is 5. The zero-order chi connectivity index (χ0) is 20.1. The van der Waals surface area contributed by atoms with Gasteiger partial charge in [-0.3, -0.25) is 0 Å². The van der Waals surface area contributed by atoms with Crippen molar-refractivity contribution in [2.45, 2.75) is 13.3 Å². The van der Waals surface area contributed by atoms with E-state index < -0.39 is 0 Å². The zero-order valence-corrected chi connectivity index (χ0v) is 16.6. The van der Waals surface area contributed by atoms with Gasteiger partial charge in [0.25, 0.3) is 0 Å². The summed E-state index contributed by atoms with van der Waals surface area (Å²) in [5.41, 5.74) is 2.13. The van der Waals surface area contributed by atoms with Gasteiger partial charge in [-0.15, -0.1) is 0 Å². The maximum Gasteiger partial charge on any atom is 0.227 e. The molecule has 0 amide bonds. The molecule has 0 saturated carbocycles. The molecule has 7 nitrogen and oxygen atoms in total. The van der Waals surface area contributed by atoms with E-state index in [-0.39, 0.29) is 0 Å². The molecule has 7 heteroatoms. The number of aryl methyl sites for hydroxylation is 1. The minimum atomic E-state index is 0.293. The van der Waals surface area contributed by atoms with Crippen LogP contribution in [0.5, 0.6) is 5.75 Å². The number of phenols is 1. The topological polar surface area (TPSA) is 77.4 Å². The highest BCUT2D eigenvalue weighted by atomic mass is 16.3. The number of hydrogen-bond acceptors (Lipinski definition) is 7. The average molecular weight is 390 g/mol. The number of aromatic hydroxyl groups is 1. The predicted molar refractivity (Wildman–Crippen MR) is 116 cm³/mol. The number of nitrogens with one attached hydrogen (secondary N) is 1. The first-order valence-corrected chi connectivity index (χ1v) is 9.96. The van der Waals surface area contributed by atoms with E-state index in [1.165, 1.54) is 5.56 Å². The number of anilines is 3. The Bertz CT molecular complexity index is 924. The molecule has 29 heavy (non-hydrogen) atoms. The fraction of sp³-hybridized carbons (Fsp3) is 0.318. The minimum Gasteiger partial charge on any atom is -0.508 e. The molecule has 150 valence electrons. The van der Waals surface area contributed by atoms with Crippen molar-refractivity contribution in [1.29, 1.82) is 0 Å². The third kappa shape index (κ3) is 4.93. The summed E-state index contributed by atoms with van der Waals surface area (Å²) in [5, 5.41) is 12.8. The van der Waals surface area contributed by atoms with Crippen LogP contribution in [0.15, 0.2) is 54.7 Å². The monoisotopic (exact) mass is 390 g/mol. The summed E-state index contributed by atoms with van der Waals surface area (Å²) in [6.45, 7) is 6.31. The van der Waals surface area contributed by atoms with Crippen LogP contribution in [0, 0.1) is 6.92 Å². The second-order valence-electron chi connectivity index (χ2n) is 7.20. The van der Waals surface area contributed by atoms with Crippen LogP contribution in [0.1, 0.15) is 11.3 Å². The van der Waals surface area contributed by atoms with Crippen molar-refractivity contribution in [3.8, 4) is 5.75 Å². The third-order valence-corrected chi connectivity index (χ3v) is 5.03. The second-order valence-corrected chi connectivity index (χ2v) is 7.20. The quantitative estimate of drug-likeness (QED) is 0.670. The van der Waals surface area contributed by atoms with Crippen molar-refractivity contribution >= 4 is 17.6 Å². The van der Waals surface area contributed by atoms with E-state index in [1.807, 2.05) is 43.5 Å². The summed E-state index contributed by atoms with van der Waals surface area (Å²) in [4.78, 5) is 18.3. The lowest BCUT2D eigenvalue weighted by Crippen LogP contribution is -2.47. The Morgan fingerprint density at radius 1 is 0.966 bits per heavy atom. The molecule has 1 fully saturated rings. The van der Waals surface area contributed by atoms with Gasteiger partial charge < -0.3 is 20.2 Å². The summed E-state index contributed by atoms with van der Waals surface area (Å²) in [7, 11) is 0. The molecule has 0 aliphatic carbocycles. The van der Waals surface area contributed by atoms with Crippen LogP contribution >= 0.6 is 0 Å². The number of piperazine rings is 1. The summed E-state index contributed by atoms with van der Waals surface area (Å²) in [6.07, 6.45) is 2.70. The maximum atomic E-state index is 9.38. The van der Waals surface area contributed by atoms with Crippen molar-refractivity contribution in [2.24, 2.45) is 0 Å². The number of hydrogen-bond donors (Lipinski definition) is 2. The van der Waals surface area contributed by atoms with Gasteiger partial charge in [0.05, 0.1) is 0 Å². The third-order valence-electron chi connectivity index (χ3n) is 5.03. The normalized spacial score (nSPS) is 14.1. The molecule has 0 spiro atoms. The van der Waals surface area contributed by atoms with E-state index in [0.29, 0.717) is 5.75 Å². The smallest absolute Gasteiger partial charge is 0.227 e. The van der Waals surface area contributed by atoms with Gasteiger partial charge in [-0.2, -0.15) is 4.98 Å². The number of rotatable bonds is 6. The van der Waals surface area contributed by atoms with E-state index in [0.717, 1.165) is 62.4 Å². The van der Waals surface area contributed by atoms with Gasteiger partial charge in [0.15, 0.2) is 0 Å². The molecular formula is C22H26N6O.